The summed E-state index contributed by atoms with van der Waals surface area (Å²) in [7, 11) is 16.8. The normalized spacial score (nSPS) is 32.3. The van der Waals surface area contributed by atoms with Crippen molar-refractivity contribution in [2.75, 3.05) is 26.4 Å². The SMILES string of the molecule is CCC(=O)O.[B][C@H]1C[C@@H](CO)[C@@H](O)C1.[B][C@H]1C[C@@H](COC(=O)CC)[C@@H](O)C1.[B][C@H]1C[C@@H](COC(=O)CN)[C@@H](O)C1. The van der Waals surface area contributed by atoms with E-state index in [1.165, 1.54) is 0 Å². The molecule has 9 atom stereocenters. The van der Waals surface area contributed by atoms with Crippen molar-refractivity contribution >= 4 is 41.4 Å². The Balaban J connectivity index is 0.000000533. The predicted octanol–water partition coefficient (Wildman–Crippen LogP) is 0.0713. The number of carboxylic acid groups (broad SMARTS) is 1. The van der Waals surface area contributed by atoms with Gasteiger partial charge in [-0.15, -0.1) is 0 Å². The number of nitrogens with two attached hydrogens (primary N) is 1. The van der Waals surface area contributed by atoms with E-state index in [1.54, 1.807) is 13.8 Å². The van der Waals surface area contributed by atoms with E-state index in [2.05, 4.69) is 0 Å². The highest BCUT2D eigenvalue weighted by Gasteiger charge is 2.32. The topological polar surface area (TPSA) is 197 Å². The van der Waals surface area contributed by atoms with Crippen molar-refractivity contribution in [1.29, 1.82) is 0 Å². The maximum absolute atomic E-state index is 10.8. The van der Waals surface area contributed by atoms with Gasteiger partial charge < -0.3 is 40.7 Å². The van der Waals surface area contributed by atoms with Crippen LogP contribution in [0.1, 0.15) is 65.2 Å². The predicted molar refractivity (Wildman–Crippen MR) is 151 cm³/mol. The largest absolute Gasteiger partial charge is 0.481 e. The van der Waals surface area contributed by atoms with Crippen molar-refractivity contribution in [3.63, 3.8) is 0 Å². The fraction of sp³-hybridized carbons (Fsp3) is 0.885. The van der Waals surface area contributed by atoms with Crippen molar-refractivity contribution in [2.45, 2.75) is 101 Å². The van der Waals surface area contributed by atoms with E-state index in [9.17, 15) is 24.6 Å². The Morgan fingerprint density at radius 2 is 1.05 bits per heavy atom. The van der Waals surface area contributed by atoms with Gasteiger partial charge in [-0.05, 0) is 32.1 Å². The molecule has 0 aromatic heterocycles. The highest BCUT2D eigenvalue weighted by molar-refractivity contribution is 6.12. The molecule has 0 aromatic carbocycles. The quantitative estimate of drug-likeness (QED) is 0.172. The Kier molecular flexibility index (Phi) is 20.3. The number of aliphatic carboxylic acids is 1. The molecule has 3 saturated carbocycles. The van der Waals surface area contributed by atoms with Crippen molar-refractivity contribution in [3.05, 3.63) is 0 Å². The number of rotatable bonds is 8. The molecule has 0 bridgehead atoms. The molecule has 0 aliphatic heterocycles. The molecule has 3 fully saturated rings. The standard InChI is InChI=1S/C9H15BO3.C8H14BNO3.C6H11BO2.C3H6O2/c1-2-9(12)13-5-6-3-7(10)4-8(6)11;9-6-1-5(7(11)2-6)4-13-8(12)3-10;7-5-1-4(3-8)6(9)2-5;1-2-3(4)5/h6-8,11H,2-5H2,1H3;5-7,11H,1-4,10H2;4-6,8-9H,1-3H2;2H2,1H3,(H,4,5)/t6-,7-,8-;5-,6-,7-;4-,5-,6-;/m000./s1. The molecule has 3 rings (SSSR count). The first kappa shape index (κ1) is 38.4. The smallest absolute Gasteiger partial charge is 0.319 e. The molecular weight excluding hydrogens is 519 g/mol. The lowest BCUT2D eigenvalue weighted by molar-refractivity contribution is -0.145. The van der Waals surface area contributed by atoms with Crippen molar-refractivity contribution in [1.82, 2.24) is 0 Å². The molecular formula is C26H46B3NO10. The number of carboxylic acids is 1. The van der Waals surface area contributed by atoms with E-state index in [1.807, 2.05) is 0 Å². The molecule has 3 aliphatic rings. The maximum Gasteiger partial charge on any atom is 0.319 e. The summed E-state index contributed by atoms with van der Waals surface area (Å²) in [5.74, 6) is -1.18. The van der Waals surface area contributed by atoms with Crippen LogP contribution in [0.15, 0.2) is 0 Å². The summed E-state index contributed by atoms with van der Waals surface area (Å²) in [6.07, 6.45) is 3.46. The minimum atomic E-state index is -0.745. The van der Waals surface area contributed by atoms with Crippen molar-refractivity contribution in [2.24, 2.45) is 23.5 Å². The van der Waals surface area contributed by atoms with Gasteiger partial charge in [0, 0.05) is 37.2 Å². The van der Waals surface area contributed by atoms with Crippen LogP contribution >= 0.6 is 0 Å². The van der Waals surface area contributed by atoms with Gasteiger partial charge in [0.05, 0.1) is 61.6 Å². The second-order valence-electron chi connectivity index (χ2n) is 10.5. The molecule has 0 aromatic rings. The van der Waals surface area contributed by atoms with E-state index < -0.39 is 24.1 Å². The fourth-order valence-corrected chi connectivity index (χ4v) is 4.55. The molecule has 7 N–H and O–H groups in total. The first-order valence-corrected chi connectivity index (χ1v) is 13.9. The van der Waals surface area contributed by atoms with Gasteiger partial charge >= 0.3 is 17.9 Å². The molecule has 3 aliphatic carbocycles. The third-order valence-electron chi connectivity index (χ3n) is 6.99. The summed E-state index contributed by atoms with van der Waals surface area (Å²) in [6, 6.07) is 0. The highest BCUT2D eigenvalue weighted by atomic mass is 16.5. The Bertz CT molecular complexity index is 695. The van der Waals surface area contributed by atoms with E-state index in [4.69, 9.17) is 54.1 Å². The molecule has 14 heteroatoms. The Labute approximate surface area is 241 Å². The summed E-state index contributed by atoms with van der Waals surface area (Å²) in [5.41, 5.74) is 5.06. The van der Waals surface area contributed by atoms with Crippen molar-refractivity contribution < 1.29 is 49.4 Å². The Hall–Kier alpha value is -1.60. The second-order valence-corrected chi connectivity index (χ2v) is 10.5. The van der Waals surface area contributed by atoms with Gasteiger partial charge in [0.1, 0.15) is 0 Å². The van der Waals surface area contributed by atoms with Gasteiger partial charge in [-0.25, -0.2) is 0 Å². The lowest BCUT2D eigenvalue weighted by Gasteiger charge is -2.13. The van der Waals surface area contributed by atoms with Crippen LogP contribution in [-0.4, -0.2) is 112 Å². The number of carbonyl (C=O) groups is 3. The number of hydrogen-bond donors (Lipinski definition) is 6. The van der Waals surface area contributed by atoms with E-state index >= 15 is 0 Å². The molecule has 0 unspecified atom stereocenters. The molecule has 0 saturated heterocycles. The molecule has 0 amide bonds. The number of hydrogen-bond acceptors (Lipinski definition) is 10. The van der Waals surface area contributed by atoms with Gasteiger partial charge in [-0.1, -0.05) is 37.7 Å². The molecule has 11 nitrogen and oxygen atoms in total. The van der Waals surface area contributed by atoms with Crippen LogP contribution in [0.4, 0.5) is 0 Å². The first-order valence-electron chi connectivity index (χ1n) is 13.9. The van der Waals surface area contributed by atoms with Gasteiger partial charge in [0.15, 0.2) is 0 Å². The van der Waals surface area contributed by atoms with Crippen LogP contribution in [0, 0.1) is 17.8 Å². The number of carbonyl (C=O) groups excluding carboxylic acids is 2. The lowest BCUT2D eigenvalue weighted by atomic mass is 9.85. The first-order chi connectivity index (χ1) is 18.8. The minimum Gasteiger partial charge on any atom is -0.481 e. The maximum atomic E-state index is 10.8. The third-order valence-corrected chi connectivity index (χ3v) is 6.99. The van der Waals surface area contributed by atoms with Crippen LogP contribution in [0.2, 0.25) is 17.5 Å². The Morgan fingerprint density at radius 1 is 0.700 bits per heavy atom. The van der Waals surface area contributed by atoms with Crippen LogP contribution in [0.5, 0.6) is 0 Å². The minimum absolute atomic E-state index is 0.0227. The zero-order valence-electron chi connectivity index (χ0n) is 23.8. The van der Waals surface area contributed by atoms with Gasteiger partial charge in [0.2, 0.25) is 0 Å². The molecule has 224 valence electrons. The third kappa shape index (κ3) is 16.6. The Morgan fingerprint density at radius 3 is 1.27 bits per heavy atom. The lowest BCUT2D eigenvalue weighted by Crippen LogP contribution is -2.24. The molecule has 0 heterocycles. The summed E-state index contributed by atoms with van der Waals surface area (Å²) in [4.78, 5) is 30.9. The fourth-order valence-electron chi connectivity index (χ4n) is 4.55. The van der Waals surface area contributed by atoms with E-state index in [-0.39, 0.29) is 73.5 Å². The van der Waals surface area contributed by atoms with Gasteiger partial charge in [-0.2, -0.15) is 0 Å². The zero-order chi connectivity index (χ0) is 30.8. The van der Waals surface area contributed by atoms with E-state index in [0.29, 0.717) is 38.7 Å². The average Bonchev–Trinajstić information content (AvgIpc) is 3.54. The summed E-state index contributed by atoms with van der Waals surface area (Å²) >= 11 is 0. The summed E-state index contributed by atoms with van der Waals surface area (Å²) in [6.45, 7) is 3.83. The van der Waals surface area contributed by atoms with E-state index in [0.717, 1.165) is 12.8 Å². The summed E-state index contributed by atoms with van der Waals surface area (Å²) < 4.78 is 9.75. The van der Waals surface area contributed by atoms with Gasteiger partial charge in [0.25, 0.3) is 0 Å². The average molecular weight is 565 g/mol. The number of ether oxygens (including phenoxy) is 2. The molecule has 6 radical (unpaired) electrons. The van der Waals surface area contributed by atoms with Crippen LogP contribution in [0.25, 0.3) is 0 Å². The van der Waals surface area contributed by atoms with Crippen LogP contribution in [0.3, 0.4) is 0 Å². The highest BCUT2D eigenvalue weighted by Crippen LogP contribution is 2.34. The second kappa shape index (κ2) is 21.2. The van der Waals surface area contributed by atoms with Crippen molar-refractivity contribution in [3.8, 4) is 0 Å². The number of esters is 2. The van der Waals surface area contributed by atoms with Gasteiger partial charge in [-0.3, -0.25) is 14.4 Å². The van der Waals surface area contributed by atoms with Crippen LogP contribution < -0.4 is 5.73 Å². The number of aliphatic hydroxyl groups is 4. The zero-order valence-corrected chi connectivity index (χ0v) is 23.8. The molecule has 0 spiro atoms. The van der Waals surface area contributed by atoms with Crippen LogP contribution in [-0.2, 0) is 23.9 Å². The summed E-state index contributed by atoms with van der Waals surface area (Å²) in [5, 5.41) is 44.4. The monoisotopic (exact) mass is 565 g/mol. The molecule has 40 heavy (non-hydrogen) atoms. The number of aliphatic hydroxyl groups excluding tert-OH is 4.